The summed E-state index contributed by atoms with van der Waals surface area (Å²) in [6.07, 6.45) is 14.5. The van der Waals surface area contributed by atoms with Crippen molar-refractivity contribution >= 4 is 18.7 Å². The molecule has 2 atom stereocenters. The van der Waals surface area contributed by atoms with Gasteiger partial charge in [-0.25, -0.2) is 0 Å². The van der Waals surface area contributed by atoms with Crippen LogP contribution in [0.15, 0.2) is 60.7 Å². The lowest BCUT2D eigenvalue weighted by Gasteiger charge is -2.43. The van der Waals surface area contributed by atoms with Crippen molar-refractivity contribution in [3.05, 3.63) is 60.7 Å². The van der Waals surface area contributed by atoms with Crippen molar-refractivity contribution in [1.29, 1.82) is 0 Å². The van der Waals surface area contributed by atoms with Crippen LogP contribution < -0.4 is 10.4 Å². The zero-order valence-corrected chi connectivity index (χ0v) is 24.2. The Morgan fingerprint density at radius 2 is 1.25 bits per heavy atom. The number of benzene rings is 2. The van der Waals surface area contributed by atoms with Crippen molar-refractivity contribution in [2.45, 2.75) is 116 Å². The highest BCUT2D eigenvalue weighted by molar-refractivity contribution is 6.99. The molecule has 1 heterocycles. The van der Waals surface area contributed by atoms with Crippen LogP contribution in [0.2, 0.25) is 5.04 Å². The van der Waals surface area contributed by atoms with Gasteiger partial charge in [0, 0.05) is 12.8 Å². The van der Waals surface area contributed by atoms with Gasteiger partial charge in [-0.1, -0.05) is 140 Å². The topological polar surface area (TPSA) is 21.8 Å². The molecule has 0 spiro atoms. The molecule has 1 fully saturated rings. The predicted octanol–water partition coefficient (Wildman–Crippen LogP) is 7.64. The molecule has 1 aliphatic rings. The lowest BCUT2D eigenvalue weighted by Crippen LogP contribution is -2.66. The Hall–Kier alpha value is -1.86. The summed E-state index contributed by atoms with van der Waals surface area (Å²) >= 11 is 0. The van der Waals surface area contributed by atoms with E-state index in [0.717, 1.165) is 12.8 Å². The average Bonchev–Trinajstić information content (AvgIpc) is 3.63. The van der Waals surface area contributed by atoms with E-state index in [2.05, 4.69) is 100 Å². The Bertz CT molecular complexity index is 883. The van der Waals surface area contributed by atoms with Gasteiger partial charge in [-0.05, 0) is 21.8 Å². The summed E-state index contributed by atoms with van der Waals surface area (Å²) in [4.78, 5) is 0. The lowest BCUT2D eigenvalue weighted by molar-refractivity contribution is 0.248. The summed E-state index contributed by atoms with van der Waals surface area (Å²) < 4.78 is 13.0. The minimum Gasteiger partial charge on any atom is -0.405 e. The number of epoxide rings is 1. The van der Waals surface area contributed by atoms with E-state index in [9.17, 15) is 0 Å². The third-order valence-electron chi connectivity index (χ3n) is 7.40. The highest BCUT2D eigenvalue weighted by Crippen LogP contribution is 2.38. The molecule has 2 nitrogen and oxygen atoms in total. The Labute approximate surface area is 222 Å². The van der Waals surface area contributed by atoms with E-state index in [1.54, 1.807) is 0 Å². The summed E-state index contributed by atoms with van der Waals surface area (Å²) in [6, 6.07) is 21.7. The Morgan fingerprint density at radius 3 is 1.78 bits per heavy atom. The van der Waals surface area contributed by atoms with Gasteiger partial charge >= 0.3 is 0 Å². The van der Waals surface area contributed by atoms with Crippen molar-refractivity contribution in [1.82, 2.24) is 0 Å². The number of rotatable bonds is 15. The molecule has 3 heteroatoms. The summed E-state index contributed by atoms with van der Waals surface area (Å²) in [5, 5.41) is 2.64. The fourth-order valence-corrected chi connectivity index (χ4v) is 9.83. The van der Waals surface area contributed by atoms with Crippen LogP contribution in [0.3, 0.4) is 0 Å². The number of ether oxygens (including phenoxy) is 1. The Kier molecular flexibility index (Phi) is 11.8. The summed E-state index contributed by atoms with van der Waals surface area (Å²) in [5.41, 5.74) is 0. The first-order valence-electron chi connectivity index (χ1n) is 14.3. The normalized spacial score (nSPS) is 17.4. The van der Waals surface area contributed by atoms with Gasteiger partial charge in [-0.2, -0.15) is 0 Å². The number of unbranched alkanes of at least 4 members (excludes halogenated alkanes) is 9. The second-order valence-corrected chi connectivity index (χ2v) is 15.6. The second kappa shape index (κ2) is 14.8. The van der Waals surface area contributed by atoms with E-state index in [1.807, 2.05) is 0 Å². The van der Waals surface area contributed by atoms with E-state index in [4.69, 9.17) is 9.16 Å². The van der Waals surface area contributed by atoms with Crippen LogP contribution in [0.25, 0.3) is 0 Å². The largest absolute Gasteiger partial charge is 0.405 e. The van der Waals surface area contributed by atoms with Crippen LogP contribution in [-0.4, -0.2) is 27.1 Å². The highest BCUT2D eigenvalue weighted by atomic mass is 28.4. The fraction of sp³-hybridized carbons (Fsp3) is 0.576. The van der Waals surface area contributed by atoms with Gasteiger partial charge in [0.1, 0.15) is 6.10 Å². The van der Waals surface area contributed by atoms with Gasteiger partial charge in [0.15, 0.2) is 0 Å². The zero-order valence-electron chi connectivity index (χ0n) is 23.2. The maximum absolute atomic E-state index is 7.00. The van der Waals surface area contributed by atoms with Crippen molar-refractivity contribution in [3.63, 3.8) is 0 Å². The van der Waals surface area contributed by atoms with E-state index in [1.165, 1.54) is 68.2 Å². The number of hydrogen-bond donors (Lipinski definition) is 0. The molecule has 0 N–H and O–H groups in total. The SMILES string of the molecule is CCCCCCCCCCCC#CC[C@@H]1O[C@@H]1CO[Si](c1ccccc1)(c1ccccc1)C(C)(C)C. The predicted molar refractivity (Wildman–Crippen MR) is 156 cm³/mol. The maximum Gasteiger partial charge on any atom is 0.261 e. The molecule has 0 saturated carbocycles. The minimum absolute atomic E-state index is 0.00456. The van der Waals surface area contributed by atoms with Crippen molar-refractivity contribution in [2.75, 3.05) is 6.61 Å². The second-order valence-electron chi connectivity index (χ2n) is 11.3. The first-order valence-corrected chi connectivity index (χ1v) is 16.3. The molecule has 1 saturated heterocycles. The van der Waals surface area contributed by atoms with Crippen molar-refractivity contribution in [3.8, 4) is 11.8 Å². The monoisotopic (exact) mass is 504 g/mol. The van der Waals surface area contributed by atoms with Crippen LogP contribution in [0.1, 0.15) is 98.3 Å². The smallest absolute Gasteiger partial charge is 0.261 e. The molecule has 0 unspecified atom stereocenters. The summed E-state index contributed by atoms with van der Waals surface area (Å²) in [5.74, 6) is 6.76. The molecule has 1 aliphatic heterocycles. The maximum atomic E-state index is 7.00. The van der Waals surface area contributed by atoms with E-state index in [0.29, 0.717) is 6.61 Å². The standard InChI is InChI=1S/C33H48O2Si/c1-5-6-7-8-9-10-11-12-13-14-15-22-27-31-32(35-31)28-34-36(33(2,3)4,29-23-18-16-19-24-29)30-25-20-17-21-26-30/h16-21,23-26,31-32H,5-14,27-28H2,1-4H3/t31-,32+/m0/s1. The van der Waals surface area contributed by atoms with Gasteiger partial charge in [-0.15, -0.1) is 11.8 Å². The first-order chi connectivity index (χ1) is 17.5. The first kappa shape index (κ1) is 28.7. The molecule has 0 aromatic heterocycles. The van der Waals surface area contributed by atoms with Crippen molar-refractivity contribution < 1.29 is 9.16 Å². The number of hydrogen-bond acceptors (Lipinski definition) is 2. The van der Waals surface area contributed by atoms with Gasteiger partial charge in [0.25, 0.3) is 8.32 Å². The third-order valence-corrected chi connectivity index (χ3v) is 12.4. The van der Waals surface area contributed by atoms with Crippen LogP contribution in [-0.2, 0) is 9.16 Å². The van der Waals surface area contributed by atoms with Crippen LogP contribution >= 0.6 is 0 Å². The van der Waals surface area contributed by atoms with Crippen LogP contribution in [0, 0.1) is 11.8 Å². The molecule has 0 amide bonds. The zero-order chi connectivity index (χ0) is 25.7. The molecule has 0 aliphatic carbocycles. The molecule has 2 aromatic carbocycles. The van der Waals surface area contributed by atoms with Gasteiger partial charge in [0.05, 0.1) is 12.7 Å². The van der Waals surface area contributed by atoms with Gasteiger partial charge < -0.3 is 9.16 Å². The fourth-order valence-electron chi connectivity index (χ4n) is 5.26. The molecule has 0 radical (unpaired) electrons. The molecule has 196 valence electrons. The Morgan fingerprint density at radius 1 is 0.722 bits per heavy atom. The van der Waals surface area contributed by atoms with E-state index in [-0.39, 0.29) is 17.2 Å². The Balaban J connectivity index is 1.45. The average molecular weight is 505 g/mol. The van der Waals surface area contributed by atoms with Gasteiger partial charge in [-0.3, -0.25) is 0 Å². The summed E-state index contributed by atoms with van der Waals surface area (Å²) in [7, 11) is -2.49. The third kappa shape index (κ3) is 8.34. The van der Waals surface area contributed by atoms with Gasteiger partial charge in [0.2, 0.25) is 0 Å². The van der Waals surface area contributed by atoms with E-state index < -0.39 is 8.32 Å². The molecule has 36 heavy (non-hydrogen) atoms. The van der Waals surface area contributed by atoms with Crippen LogP contribution in [0.5, 0.6) is 0 Å². The minimum atomic E-state index is -2.49. The molecule has 3 rings (SSSR count). The van der Waals surface area contributed by atoms with Crippen LogP contribution in [0.4, 0.5) is 0 Å². The van der Waals surface area contributed by atoms with Crippen molar-refractivity contribution in [2.24, 2.45) is 0 Å². The van der Waals surface area contributed by atoms with E-state index >= 15 is 0 Å². The summed E-state index contributed by atoms with van der Waals surface area (Å²) in [6.45, 7) is 9.88. The molecule has 0 bridgehead atoms. The quantitative estimate of drug-likeness (QED) is 0.108. The molecule has 2 aromatic rings. The molecular formula is C33H48O2Si. The lowest BCUT2D eigenvalue weighted by atomic mass is 10.1. The highest BCUT2D eigenvalue weighted by Gasteiger charge is 2.52. The molecular weight excluding hydrogens is 456 g/mol.